The Balaban J connectivity index is 2.78. The Morgan fingerprint density at radius 1 is 1.40 bits per heavy atom. The molecule has 2 rings (SSSR count). The number of fused-ring (bicyclic) bond motifs is 1. The first-order chi connectivity index (χ1) is 7.19. The molecule has 0 bridgehead atoms. The molecule has 0 N–H and O–H groups in total. The minimum absolute atomic E-state index is 0.909. The molecule has 1 aromatic heterocycles. The predicted octanol–water partition coefficient (Wildman–Crippen LogP) is 3.74. The van der Waals surface area contributed by atoms with Crippen LogP contribution in [0.25, 0.3) is 10.9 Å². The normalized spacial score (nSPS) is 10.9. The maximum Gasteiger partial charge on any atom is 0.119 e. The van der Waals surface area contributed by atoms with E-state index in [4.69, 9.17) is 4.74 Å². The molecule has 2 nitrogen and oxygen atoms in total. The molecule has 0 atom stereocenters. The quantitative estimate of drug-likeness (QED) is 0.809. The van der Waals surface area contributed by atoms with Crippen LogP contribution >= 0.6 is 15.9 Å². The molecule has 0 amide bonds. The Labute approximate surface area is 98.0 Å². The Hall–Kier alpha value is -0.960. The number of benzene rings is 1. The molecule has 0 fully saturated rings. The van der Waals surface area contributed by atoms with Gasteiger partial charge in [0.1, 0.15) is 5.75 Å². The first-order valence-electron chi connectivity index (χ1n) is 5.01. The smallest absolute Gasteiger partial charge is 0.119 e. The minimum atomic E-state index is 0.909. The average molecular weight is 268 g/mol. The third kappa shape index (κ3) is 1.55. The monoisotopic (exact) mass is 267 g/mol. The molecule has 0 aliphatic rings. The maximum atomic E-state index is 5.24. The van der Waals surface area contributed by atoms with Crippen molar-refractivity contribution in [2.75, 3.05) is 7.11 Å². The second-order valence-corrected chi connectivity index (χ2v) is 4.29. The third-order valence-electron chi connectivity index (χ3n) is 2.76. The zero-order chi connectivity index (χ0) is 11.0. The van der Waals surface area contributed by atoms with E-state index in [0.717, 1.165) is 16.9 Å². The van der Waals surface area contributed by atoms with Gasteiger partial charge in [0.2, 0.25) is 0 Å². The maximum absolute atomic E-state index is 5.24. The molecular formula is C12H14BrNO. The zero-order valence-electron chi connectivity index (χ0n) is 9.17. The summed E-state index contributed by atoms with van der Waals surface area (Å²) < 4.78 is 8.65. The molecule has 1 aromatic carbocycles. The molecule has 0 saturated carbocycles. The summed E-state index contributed by atoms with van der Waals surface area (Å²) in [6.07, 6.45) is 0. The minimum Gasteiger partial charge on any atom is -0.497 e. The summed E-state index contributed by atoms with van der Waals surface area (Å²) in [6.45, 7) is 5.24. The third-order valence-corrected chi connectivity index (χ3v) is 3.78. The van der Waals surface area contributed by atoms with Gasteiger partial charge in [-0.25, -0.2) is 0 Å². The lowest BCUT2D eigenvalue weighted by molar-refractivity contribution is 0.415. The van der Waals surface area contributed by atoms with E-state index in [1.807, 2.05) is 6.07 Å². The van der Waals surface area contributed by atoms with Crippen molar-refractivity contribution in [3.8, 4) is 5.75 Å². The molecule has 0 saturated heterocycles. The average Bonchev–Trinajstić information content (AvgIpc) is 2.51. The lowest BCUT2D eigenvalue weighted by atomic mass is 10.2. The van der Waals surface area contributed by atoms with E-state index < -0.39 is 0 Å². The second-order valence-electron chi connectivity index (χ2n) is 3.54. The van der Waals surface area contributed by atoms with Crippen molar-refractivity contribution in [2.24, 2.45) is 0 Å². The number of nitrogens with zero attached hydrogens (tertiary/aromatic N) is 1. The van der Waals surface area contributed by atoms with Crippen LogP contribution in [0.3, 0.4) is 0 Å². The largest absolute Gasteiger partial charge is 0.497 e. The predicted molar refractivity (Wildman–Crippen MR) is 66.6 cm³/mol. The molecule has 1 heterocycles. The van der Waals surface area contributed by atoms with Crippen LogP contribution in [-0.4, -0.2) is 11.7 Å². The molecule has 15 heavy (non-hydrogen) atoms. The number of ether oxygens (including phenoxy) is 1. The number of hydrogen-bond donors (Lipinski definition) is 0. The molecule has 0 spiro atoms. The summed E-state index contributed by atoms with van der Waals surface area (Å²) in [5, 5.41) is 1.25. The van der Waals surface area contributed by atoms with E-state index in [9.17, 15) is 0 Å². The van der Waals surface area contributed by atoms with Crippen molar-refractivity contribution in [1.29, 1.82) is 0 Å². The van der Waals surface area contributed by atoms with Crippen molar-refractivity contribution >= 4 is 26.8 Å². The highest BCUT2D eigenvalue weighted by molar-refractivity contribution is 9.10. The van der Waals surface area contributed by atoms with E-state index in [0.29, 0.717) is 0 Å². The number of rotatable bonds is 2. The molecule has 0 radical (unpaired) electrons. The standard InChI is InChI=1S/C12H14BrNO/c1-4-14-11-6-5-9(15-3)7-10(11)8(2)12(14)13/h5-7H,4H2,1-3H3. The number of methoxy groups -OCH3 is 1. The van der Waals surface area contributed by atoms with Crippen molar-refractivity contribution in [1.82, 2.24) is 4.57 Å². The Morgan fingerprint density at radius 2 is 2.13 bits per heavy atom. The van der Waals surface area contributed by atoms with Gasteiger partial charge in [-0.3, -0.25) is 0 Å². The molecule has 0 aliphatic heterocycles. The van der Waals surface area contributed by atoms with Gasteiger partial charge in [-0.05, 0) is 53.5 Å². The molecule has 0 aliphatic carbocycles. The van der Waals surface area contributed by atoms with Crippen LogP contribution in [0.5, 0.6) is 5.75 Å². The van der Waals surface area contributed by atoms with Crippen molar-refractivity contribution in [2.45, 2.75) is 20.4 Å². The van der Waals surface area contributed by atoms with E-state index in [-0.39, 0.29) is 0 Å². The number of halogens is 1. The van der Waals surface area contributed by atoms with Crippen molar-refractivity contribution in [3.63, 3.8) is 0 Å². The van der Waals surface area contributed by atoms with Gasteiger partial charge in [0.25, 0.3) is 0 Å². The van der Waals surface area contributed by atoms with E-state index in [1.54, 1.807) is 7.11 Å². The summed E-state index contributed by atoms with van der Waals surface area (Å²) in [5.74, 6) is 0.909. The lowest BCUT2D eigenvalue weighted by Crippen LogP contribution is -1.93. The van der Waals surface area contributed by atoms with Crippen molar-refractivity contribution < 1.29 is 4.74 Å². The summed E-state index contributed by atoms with van der Waals surface area (Å²) in [5.41, 5.74) is 2.52. The lowest BCUT2D eigenvalue weighted by Gasteiger charge is -2.03. The highest BCUT2D eigenvalue weighted by Crippen LogP contribution is 2.31. The van der Waals surface area contributed by atoms with Gasteiger partial charge < -0.3 is 9.30 Å². The Kier molecular flexibility index (Phi) is 2.74. The molecule has 80 valence electrons. The van der Waals surface area contributed by atoms with Crippen LogP contribution in [0.1, 0.15) is 12.5 Å². The number of aryl methyl sites for hydroxylation is 2. The summed E-state index contributed by atoms with van der Waals surface area (Å²) in [7, 11) is 1.70. The molecule has 2 aromatic rings. The van der Waals surface area contributed by atoms with Crippen LogP contribution in [-0.2, 0) is 6.54 Å². The molecule has 3 heteroatoms. The van der Waals surface area contributed by atoms with Gasteiger partial charge in [-0.15, -0.1) is 0 Å². The molecular weight excluding hydrogens is 254 g/mol. The first-order valence-corrected chi connectivity index (χ1v) is 5.80. The van der Waals surface area contributed by atoms with Gasteiger partial charge in [0.15, 0.2) is 0 Å². The first kappa shape index (κ1) is 10.6. The number of hydrogen-bond acceptors (Lipinski definition) is 1. The van der Waals surface area contributed by atoms with E-state index in [2.05, 4.69) is 46.5 Å². The van der Waals surface area contributed by atoms with Gasteiger partial charge >= 0.3 is 0 Å². The highest BCUT2D eigenvalue weighted by Gasteiger charge is 2.11. The van der Waals surface area contributed by atoms with Crippen LogP contribution in [0.4, 0.5) is 0 Å². The van der Waals surface area contributed by atoms with Crippen LogP contribution in [0, 0.1) is 6.92 Å². The molecule has 0 unspecified atom stereocenters. The van der Waals surface area contributed by atoms with E-state index in [1.165, 1.54) is 16.5 Å². The van der Waals surface area contributed by atoms with Crippen LogP contribution < -0.4 is 4.74 Å². The SMILES string of the molecule is CCn1c(Br)c(C)c2cc(OC)ccc21. The summed E-state index contributed by atoms with van der Waals surface area (Å²) >= 11 is 3.62. The number of aromatic nitrogens is 1. The van der Waals surface area contributed by atoms with Gasteiger partial charge in [-0.1, -0.05) is 0 Å². The Bertz CT molecular complexity index is 502. The van der Waals surface area contributed by atoms with Crippen LogP contribution in [0.15, 0.2) is 22.8 Å². The zero-order valence-corrected chi connectivity index (χ0v) is 10.8. The Morgan fingerprint density at radius 3 is 2.73 bits per heavy atom. The highest BCUT2D eigenvalue weighted by atomic mass is 79.9. The van der Waals surface area contributed by atoms with Gasteiger partial charge in [0, 0.05) is 17.4 Å². The van der Waals surface area contributed by atoms with Crippen molar-refractivity contribution in [3.05, 3.63) is 28.4 Å². The van der Waals surface area contributed by atoms with E-state index >= 15 is 0 Å². The van der Waals surface area contributed by atoms with Gasteiger partial charge in [-0.2, -0.15) is 0 Å². The summed E-state index contributed by atoms with van der Waals surface area (Å²) in [4.78, 5) is 0. The topological polar surface area (TPSA) is 14.2 Å². The fourth-order valence-corrected chi connectivity index (χ4v) is 2.56. The van der Waals surface area contributed by atoms with Gasteiger partial charge in [0.05, 0.1) is 11.7 Å². The summed E-state index contributed by atoms with van der Waals surface area (Å²) in [6, 6.07) is 6.19. The fraction of sp³-hybridized carbons (Fsp3) is 0.333. The fourth-order valence-electron chi connectivity index (χ4n) is 1.91. The second kappa shape index (κ2) is 3.89. The van der Waals surface area contributed by atoms with Crippen LogP contribution in [0.2, 0.25) is 0 Å².